The molecule has 236 valence electrons. The highest BCUT2D eigenvalue weighted by Crippen LogP contribution is 2.27. The maximum Gasteiger partial charge on any atom is 0.164 e. The molecule has 0 aliphatic rings. The van der Waals surface area contributed by atoms with Gasteiger partial charge in [0.1, 0.15) is 0 Å². The molecular weight excluding hydrogens is 613 g/mol. The Labute approximate surface area is 290 Å². The first-order valence-electron chi connectivity index (χ1n) is 16.4. The van der Waals surface area contributed by atoms with Gasteiger partial charge in [-0.15, -0.1) is 0 Å². The SMILES string of the molecule is C(=Cc1ccc(-c2nc(-c3ccccc3)nc(-c3ccccc3)n2)cc1)c1ccc(-c2nc(-c3ccccc3)nc(-c3ccccc3)n2)cc1. The molecule has 6 aromatic carbocycles. The zero-order valence-corrected chi connectivity index (χ0v) is 27.0. The van der Waals surface area contributed by atoms with E-state index in [9.17, 15) is 0 Å². The van der Waals surface area contributed by atoms with Gasteiger partial charge in [0.25, 0.3) is 0 Å². The number of aromatic nitrogens is 6. The molecule has 50 heavy (non-hydrogen) atoms. The van der Waals surface area contributed by atoms with Crippen LogP contribution in [0.15, 0.2) is 170 Å². The molecule has 0 N–H and O–H groups in total. The van der Waals surface area contributed by atoms with Crippen LogP contribution in [0.2, 0.25) is 0 Å². The van der Waals surface area contributed by atoms with Gasteiger partial charge in [-0.1, -0.05) is 182 Å². The molecule has 2 heterocycles. The summed E-state index contributed by atoms with van der Waals surface area (Å²) in [5.41, 5.74) is 7.76. The second kappa shape index (κ2) is 14.1. The van der Waals surface area contributed by atoms with E-state index in [0.717, 1.165) is 44.5 Å². The largest absolute Gasteiger partial charge is 0.208 e. The summed E-state index contributed by atoms with van der Waals surface area (Å²) < 4.78 is 0. The average molecular weight is 643 g/mol. The third-order valence-electron chi connectivity index (χ3n) is 8.20. The molecule has 0 atom stereocenters. The highest BCUT2D eigenvalue weighted by atomic mass is 15.0. The van der Waals surface area contributed by atoms with Crippen molar-refractivity contribution in [2.75, 3.05) is 0 Å². The van der Waals surface area contributed by atoms with Crippen LogP contribution in [0.4, 0.5) is 0 Å². The summed E-state index contributed by atoms with van der Waals surface area (Å²) in [6.45, 7) is 0. The Morgan fingerprint density at radius 1 is 0.220 bits per heavy atom. The van der Waals surface area contributed by atoms with E-state index in [1.165, 1.54) is 0 Å². The van der Waals surface area contributed by atoms with Crippen LogP contribution in [0.5, 0.6) is 0 Å². The van der Waals surface area contributed by atoms with Gasteiger partial charge in [-0.05, 0) is 11.1 Å². The summed E-state index contributed by atoms with van der Waals surface area (Å²) >= 11 is 0. The van der Waals surface area contributed by atoms with E-state index in [1.54, 1.807) is 0 Å². The van der Waals surface area contributed by atoms with Gasteiger partial charge in [-0.3, -0.25) is 0 Å². The quantitative estimate of drug-likeness (QED) is 0.154. The first kappa shape index (κ1) is 30.4. The lowest BCUT2D eigenvalue weighted by atomic mass is 10.1. The summed E-state index contributed by atoms with van der Waals surface area (Å²) in [5.74, 6) is 3.84. The van der Waals surface area contributed by atoms with Gasteiger partial charge in [-0.25, -0.2) is 29.9 Å². The fourth-order valence-corrected chi connectivity index (χ4v) is 5.55. The summed E-state index contributed by atoms with van der Waals surface area (Å²) in [5, 5.41) is 0. The van der Waals surface area contributed by atoms with Gasteiger partial charge >= 0.3 is 0 Å². The van der Waals surface area contributed by atoms with E-state index in [1.807, 2.05) is 121 Å². The Hall–Kier alpha value is -6.92. The molecule has 8 aromatic rings. The first-order valence-corrected chi connectivity index (χ1v) is 16.4. The van der Waals surface area contributed by atoms with Gasteiger partial charge in [0, 0.05) is 33.4 Å². The van der Waals surface area contributed by atoms with E-state index >= 15 is 0 Å². The van der Waals surface area contributed by atoms with E-state index in [4.69, 9.17) is 29.9 Å². The third kappa shape index (κ3) is 6.86. The van der Waals surface area contributed by atoms with Crippen LogP contribution in [0.1, 0.15) is 11.1 Å². The lowest BCUT2D eigenvalue weighted by molar-refractivity contribution is 1.07. The lowest BCUT2D eigenvalue weighted by Crippen LogP contribution is -2.00. The number of hydrogen-bond donors (Lipinski definition) is 0. The van der Waals surface area contributed by atoms with E-state index in [0.29, 0.717) is 34.9 Å². The van der Waals surface area contributed by atoms with Gasteiger partial charge in [-0.2, -0.15) is 0 Å². The molecule has 0 bridgehead atoms. The molecule has 0 spiro atoms. The smallest absolute Gasteiger partial charge is 0.164 e. The van der Waals surface area contributed by atoms with E-state index in [-0.39, 0.29) is 0 Å². The number of rotatable bonds is 8. The molecule has 0 saturated carbocycles. The fourth-order valence-electron chi connectivity index (χ4n) is 5.55. The molecular formula is C44H30N6. The van der Waals surface area contributed by atoms with Crippen molar-refractivity contribution in [1.29, 1.82) is 0 Å². The summed E-state index contributed by atoms with van der Waals surface area (Å²) in [4.78, 5) is 29.0. The Bertz CT molecular complexity index is 2090. The highest BCUT2D eigenvalue weighted by Gasteiger charge is 2.13. The van der Waals surface area contributed by atoms with Crippen molar-refractivity contribution >= 4 is 12.2 Å². The maximum atomic E-state index is 4.85. The average Bonchev–Trinajstić information content (AvgIpc) is 3.21. The molecule has 6 nitrogen and oxygen atoms in total. The summed E-state index contributed by atoms with van der Waals surface area (Å²) in [6, 6.07) is 56.5. The molecule has 0 aliphatic heterocycles. The van der Waals surface area contributed by atoms with Crippen LogP contribution in [0, 0.1) is 0 Å². The normalized spacial score (nSPS) is 11.1. The number of nitrogens with zero attached hydrogens (tertiary/aromatic N) is 6. The van der Waals surface area contributed by atoms with Crippen LogP contribution < -0.4 is 0 Å². The molecule has 6 heteroatoms. The monoisotopic (exact) mass is 642 g/mol. The second-order valence-corrected chi connectivity index (χ2v) is 11.7. The van der Waals surface area contributed by atoms with Gasteiger partial charge in [0.15, 0.2) is 34.9 Å². The van der Waals surface area contributed by atoms with Crippen molar-refractivity contribution in [3.8, 4) is 68.3 Å². The predicted octanol–water partition coefficient (Wildman–Crippen LogP) is 10.2. The van der Waals surface area contributed by atoms with Gasteiger partial charge < -0.3 is 0 Å². The minimum atomic E-state index is 0.632. The fraction of sp³-hybridized carbons (Fsp3) is 0. The Morgan fingerprint density at radius 3 is 0.640 bits per heavy atom. The minimum absolute atomic E-state index is 0.632. The van der Waals surface area contributed by atoms with Crippen LogP contribution >= 0.6 is 0 Å². The predicted molar refractivity (Wildman–Crippen MR) is 201 cm³/mol. The van der Waals surface area contributed by atoms with Crippen LogP contribution in [0.3, 0.4) is 0 Å². The standard InChI is InChI=1S/C44H30N6/c1-5-13-33(14-6-1)39-45-40(34-15-7-2-8-16-34)48-43(47-39)37-27-23-31(24-28-37)21-22-32-25-29-38(30-26-32)44-49-41(35-17-9-3-10-18-35)46-42(50-44)36-19-11-4-12-20-36/h1-30H. The highest BCUT2D eigenvalue weighted by molar-refractivity contribution is 5.74. The van der Waals surface area contributed by atoms with E-state index < -0.39 is 0 Å². The Kier molecular flexibility index (Phi) is 8.55. The molecule has 0 fully saturated rings. The lowest BCUT2D eigenvalue weighted by Gasteiger charge is -2.08. The molecule has 0 amide bonds. The Morgan fingerprint density at radius 2 is 0.420 bits per heavy atom. The molecule has 2 aromatic heterocycles. The summed E-state index contributed by atoms with van der Waals surface area (Å²) in [7, 11) is 0. The molecule has 0 saturated heterocycles. The van der Waals surface area contributed by atoms with Crippen LogP contribution in [-0.2, 0) is 0 Å². The van der Waals surface area contributed by atoms with Crippen molar-refractivity contribution in [2.45, 2.75) is 0 Å². The zero-order valence-electron chi connectivity index (χ0n) is 27.0. The minimum Gasteiger partial charge on any atom is -0.208 e. The van der Waals surface area contributed by atoms with Gasteiger partial charge in [0.2, 0.25) is 0 Å². The van der Waals surface area contributed by atoms with Crippen molar-refractivity contribution in [2.24, 2.45) is 0 Å². The van der Waals surface area contributed by atoms with Crippen LogP contribution in [0.25, 0.3) is 80.5 Å². The molecule has 0 radical (unpaired) electrons. The van der Waals surface area contributed by atoms with Crippen molar-refractivity contribution in [3.63, 3.8) is 0 Å². The molecule has 0 unspecified atom stereocenters. The zero-order chi connectivity index (χ0) is 33.5. The van der Waals surface area contributed by atoms with Crippen molar-refractivity contribution < 1.29 is 0 Å². The van der Waals surface area contributed by atoms with Gasteiger partial charge in [0.05, 0.1) is 0 Å². The van der Waals surface area contributed by atoms with Crippen molar-refractivity contribution in [3.05, 3.63) is 181 Å². The molecule has 0 aliphatic carbocycles. The van der Waals surface area contributed by atoms with E-state index in [2.05, 4.69) is 60.7 Å². The summed E-state index contributed by atoms with van der Waals surface area (Å²) in [6.07, 6.45) is 4.20. The number of benzene rings is 6. The maximum absolute atomic E-state index is 4.85. The topological polar surface area (TPSA) is 77.3 Å². The second-order valence-electron chi connectivity index (χ2n) is 11.7. The Balaban J connectivity index is 1.04. The van der Waals surface area contributed by atoms with Crippen LogP contribution in [-0.4, -0.2) is 29.9 Å². The molecule has 8 rings (SSSR count). The first-order chi connectivity index (χ1) is 24.7. The number of hydrogen-bond acceptors (Lipinski definition) is 6. The third-order valence-corrected chi connectivity index (χ3v) is 8.20. The van der Waals surface area contributed by atoms with Crippen molar-refractivity contribution in [1.82, 2.24) is 29.9 Å².